The van der Waals surface area contributed by atoms with Crippen molar-refractivity contribution in [2.75, 3.05) is 17.7 Å². The second-order valence-electron chi connectivity index (χ2n) is 5.06. The van der Waals surface area contributed by atoms with Crippen molar-refractivity contribution in [2.45, 2.75) is 26.7 Å². The molecule has 21 heavy (non-hydrogen) atoms. The minimum absolute atomic E-state index is 0.0496. The van der Waals surface area contributed by atoms with Crippen molar-refractivity contribution in [1.82, 2.24) is 9.97 Å². The van der Waals surface area contributed by atoms with Crippen LogP contribution in [0.1, 0.15) is 31.2 Å². The molecule has 0 bridgehead atoms. The maximum atomic E-state index is 13.7. The maximum Gasteiger partial charge on any atom is 0.146 e. The number of hydrogen-bond acceptors (Lipinski definition) is 4. The van der Waals surface area contributed by atoms with Crippen LogP contribution in [0.15, 0.2) is 18.2 Å². The number of nitrogens with zero attached hydrogens (tertiary/aromatic N) is 2. The Morgan fingerprint density at radius 1 is 1.10 bits per heavy atom. The Balaban J connectivity index is 2.47. The van der Waals surface area contributed by atoms with Crippen LogP contribution in [0.4, 0.5) is 26.1 Å². The van der Waals surface area contributed by atoms with E-state index in [1.807, 2.05) is 20.8 Å². The average molecular weight is 292 g/mol. The van der Waals surface area contributed by atoms with Crippen molar-refractivity contribution in [1.29, 1.82) is 0 Å². The number of anilines is 3. The van der Waals surface area contributed by atoms with Gasteiger partial charge in [-0.25, -0.2) is 18.7 Å². The number of nitrogens with one attached hydrogen (secondary N) is 2. The molecule has 0 spiro atoms. The molecule has 2 aromatic rings. The number of rotatable bonds is 4. The predicted molar refractivity (Wildman–Crippen MR) is 80.0 cm³/mol. The summed E-state index contributed by atoms with van der Waals surface area (Å²) in [5, 5.41) is 5.83. The zero-order chi connectivity index (χ0) is 15.6. The lowest BCUT2D eigenvalue weighted by atomic mass is 10.2. The van der Waals surface area contributed by atoms with Crippen LogP contribution in [0.5, 0.6) is 0 Å². The van der Waals surface area contributed by atoms with Crippen LogP contribution in [0.3, 0.4) is 0 Å². The van der Waals surface area contributed by atoms with Gasteiger partial charge in [-0.1, -0.05) is 13.8 Å². The van der Waals surface area contributed by atoms with Gasteiger partial charge in [-0.3, -0.25) is 0 Å². The minimum Gasteiger partial charge on any atom is -0.373 e. The topological polar surface area (TPSA) is 49.8 Å². The molecule has 6 heteroatoms. The largest absolute Gasteiger partial charge is 0.373 e. The zero-order valence-electron chi connectivity index (χ0n) is 12.5. The van der Waals surface area contributed by atoms with E-state index in [9.17, 15) is 8.78 Å². The molecule has 0 radical (unpaired) electrons. The molecule has 0 fully saturated rings. The first kappa shape index (κ1) is 15.2. The molecular formula is C15H18F2N4. The molecule has 112 valence electrons. The molecule has 0 unspecified atom stereocenters. The van der Waals surface area contributed by atoms with E-state index in [1.54, 1.807) is 7.05 Å². The average Bonchev–Trinajstić information content (AvgIpc) is 2.44. The van der Waals surface area contributed by atoms with Gasteiger partial charge in [-0.15, -0.1) is 0 Å². The third-order valence-electron chi connectivity index (χ3n) is 3.10. The van der Waals surface area contributed by atoms with Crippen LogP contribution in [0.25, 0.3) is 0 Å². The SMILES string of the molecule is CNc1nc(C(C)C)nc(Nc2cc(F)ccc2F)c1C. The van der Waals surface area contributed by atoms with Crippen molar-refractivity contribution in [3.05, 3.63) is 41.2 Å². The Morgan fingerprint density at radius 3 is 2.38 bits per heavy atom. The van der Waals surface area contributed by atoms with Crippen molar-refractivity contribution in [3.8, 4) is 0 Å². The van der Waals surface area contributed by atoms with E-state index in [-0.39, 0.29) is 11.6 Å². The Hall–Kier alpha value is -2.24. The summed E-state index contributed by atoms with van der Waals surface area (Å²) in [6.07, 6.45) is 0. The second-order valence-corrected chi connectivity index (χ2v) is 5.06. The molecule has 4 nitrogen and oxygen atoms in total. The minimum atomic E-state index is -0.536. The molecule has 0 amide bonds. The highest BCUT2D eigenvalue weighted by molar-refractivity contribution is 5.65. The number of halogens is 2. The molecule has 0 atom stereocenters. The van der Waals surface area contributed by atoms with Crippen LogP contribution in [-0.2, 0) is 0 Å². The molecule has 0 saturated heterocycles. The smallest absolute Gasteiger partial charge is 0.146 e. The predicted octanol–water partition coefficient (Wildman–Crippen LogP) is 3.97. The van der Waals surface area contributed by atoms with E-state index in [0.29, 0.717) is 17.5 Å². The van der Waals surface area contributed by atoms with Crippen LogP contribution < -0.4 is 10.6 Å². The molecule has 0 aliphatic rings. The fraction of sp³-hybridized carbons (Fsp3) is 0.333. The first-order valence-corrected chi connectivity index (χ1v) is 6.70. The summed E-state index contributed by atoms with van der Waals surface area (Å²) >= 11 is 0. The molecule has 0 saturated carbocycles. The van der Waals surface area contributed by atoms with Gasteiger partial charge in [0.05, 0.1) is 5.69 Å². The molecule has 2 rings (SSSR count). The second kappa shape index (κ2) is 6.03. The van der Waals surface area contributed by atoms with E-state index in [2.05, 4.69) is 20.6 Å². The number of hydrogen-bond donors (Lipinski definition) is 2. The van der Waals surface area contributed by atoms with E-state index in [0.717, 1.165) is 23.8 Å². The van der Waals surface area contributed by atoms with E-state index < -0.39 is 11.6 Å². The van der Waals surface area contributed by atoms with Gasteiger partial charge in [0.25, 0.3) is 0 Å². The lowest BCUT2D eigenvalue weighted by Gasteiger charge is -2.15. The zero-order valence-corrected chi connectivity index (χ0v) is 12.5. The highest BCUT2D eigenvalue weighted by Crippen LogP contribution is 2.27. The Bertz CT molecular complexity index is 656. The highest BCUT2D eigenvalue weighted by Gasteiger charge is 2.14. The van der Waals surface area contributed by atoms with Gasteiger partial charge in [0.2, 0.25) is 0 Å². The third kappa shape index (κ3) is 3.26. The lowest BCUT2D eigenvalue weighted by Crippen LogP contribution is -2.09. The van der Waals surface area contributed by atoms with Gasteiger partial charge in [0.15, 0.2) is 0 Å². The van der Waals surface area contributed by atoms with Crippen molar-refractivity contribution in [3.63, 3.8) is 0 Å². The van der Waals surface area contributed by atoms with Gasteiger partial charge >= 0.3 is 0 Å². The summed E-state index contributed by atoms with van der Waals surface area (Å²) in [4.78, 5) is 8.80. The van der Waals surface area contributed by atoms with Crippen molar-refractivity contribution >= 4 is 17.3 Å². The Morgan fingerprint density at radius 2 is 1.76 bits per heavy atom. The standard InChI is InChI=1S/C15H18F2N4/c1-8(2)13-20-14(18-4)9(3)15(21-13)19-12-7-10(16)5-6-11(12)17/h5-8H,1-4H3,(H2,18,19,20,21). The fourth-order valence-electron chi connectivity index (χ4n) is 1.88. The quantitative estimate of drug-likeness (QED) is 0.895. The molecule has 1 aromatic carbocycles. The molecule has 0 aliphatic carbocycles. The van der Waals surface area contributed by atoms with Gasteiger partial charge < -0.3 is 10.6 Å². The number of benzene rings is 1. The molecule has 1 heterocycles. The number of aromatic nitrogens is 2. The molecule has 1 aromatic heterocycles. The summed E-state index contributed by atoms with van der Waals surface area (Å²) < 4.78 is 27.0. The van der Waals surface area contributed by atoms with E-state index in [4.69, 9.17) is 0 Å². The third-order valence-corrected chi connectivity index (χ3v) is 3.10. The molecule has 2 N–H and O–H groups in total. The first-order valence-electron chi connectivity index (χ1n) is 6.70. The van der Waals surface area contributed by atoms with E-state index in [1.165, 1.54) is 0 Å². The summed E-state index contributed by atoms with van der Waals surface area (Å²) in [5.41, 5.74) is 0.791. The highest BCUT2D eigenvalue weighted by atomic mass is 19.1. The summed E-state index contributed by atoms with van der Waals surface area (Å²) in [6, 6.07) is 3.26. The fourth-order valence-corrected chi connectivity index (χ4v) is 1.88. The Labute approximate surface area is 122 Å². The lowest BCUT2D eigenvalue weighted by molar-refractivity contribution is 0.603. The maximum absolute atomic E-state index is 13.7. The van der Waals surface area contributed by atoms with Gasteiger partial charge in [0.1, 0.15) is 29.1 Å². The van der Waals surface area contributed by atoms with Gasteiger partial charge in [0, 0.05) is 24.6 Å². The van der Waals surface area contributed by atoms with Crippen molar-refractivity contribution < 1.29 is 8.78 Å². The van der Waals surface area contributed by atoms with Crippen molar-refractivity contribution in [2.24, 2.45) is 0 Å². The van der Waals surface area contributed by atoms with Crippen LogP contribution >= 0.6 is 0 Å². The molecular weight excluding hydrogens is 274 g/mol. The summed E-state index contributed by atoms with van der Waals surface area (Å²) in [6.45, 7) is 5.75. The van der Waals surface area contributed by atoms with Gasteiger partial charge in [-0.05, 0) is 19.1 Å². The summed E-state index contributed by atoms with van der Waals surface area (Å²) in [7, 11) is 1.76. The normalized spacial score (nSPS) is 10.8. The monoisotopic (exact) mass is 292 g/mol. The van der Waals surface area contributed by atoms with Crippen LogP contribution in [-0.4, -0.2) is 17.0 Å². The van der Waals surface area contributed by atoms with Crippen LogP contribution in [0, 0.1) is 18.6 Å². The summed E-state index contributed by atoms with van der Waals surface area (Å²) in [5.74, 6) is 0.825. The Kier molecular flexibility index (Phi) is 4.35. The van der Waals surface area contributed by atoms with Crippen LogP contribution in [0.2, 0.25) is 0 Å². The van der Waals surface area contributed by atoms with Gasteiger partial charge in [-0.2, -0.15) is 0 Å². The first-order chi connectivity index (χ1) is 9.92. The molecule has 0 aliphatic heterocycles. The van der Waals surface area contributed by atoms with E-state index >= 15 is 0 Å².